The van der Waals surface area contributed by atoms with Gasteiger partial charge in [-0.1, -0.05) is 41.6 Å². The number of hydrogen-bond donors (Lipinski definition) is 2. The summed E-state index contributed by atoms with van der Waals surface area (Å²) >= 11 is 0. The minimum atomic E-state index is 0. The fraction of sp³-hybridized carbons (Fsp3) is 0.379. The summed E-state index contributed by atoms with van der Waals surface area (Å²) in [5, 5.41) is 11.2. The topological polar surface area (TPSA) is 137 Å². The molecule has 1 aliphatic carbocycles. The van der Waals surface area contributed by atoms with Crippen LogP contribution in [0, 0.1) is 0 Å². The lowest BCUT2D eigenvalue weighted by Crippen LogP contribution is -2.49. The fourth-order valence-corrected chi connectivity index (χ4v) is 6.19. The summed E-state index contributed by atoms with van der Waals surface area (Å²) in [6.07, 6.45) is 6.11. The Bertz CT molecular complexity index is 1580. The van der Waals surface area contributed by atoms with Crippen molar-refractivity contribution in [2.24, 2.45) is 0 Å². The minimum absolute atomic E-state index is 0. The summed E-state index contributed by atoms with van der Waals surface area (Å²) in [5.74, 6) is 0.467. The first kappa shape index (κ1) is 25.4. The molecule has 3 aromatic heterocycles. The van der Waals surface area contributed by atoms with Crippen LogP contribution < -0.4 is 11.9 Å². The average Bonchev–Trinajstić information content (AvgIpc) is 3.57. The van der Waals surface area contributed by atoms with E-state index in [-0.39, 0.29) is 6.15 Å². The Labute approximate surface area is 227 Å². The second-order valence-electron chi connectivity index (χ2n) is 10.7. The number of piperazine rings is 1. The van der Waals surface area contributed by atoms with Gasteiger partial charge in [-0.15, -0.1) is 0 Å². The highest BCUT2D eigenvalue weighted by molar-refractivity contribution is 5.99. The van der Waals surface area contributed by atoms with E-state index in [1.165, 1.54) is 25.9 Å². The quantitative estimate of drug-likeness (QED) is 0.340. The molecule has 2 aliphatic rings. The number of anilines is 1. The van der Waals surface area contributed by atoms with Crippen LogP contribution in [0.2, 0.25) is 0 Å². The monoisotopic (exact) mass is 525 g/mol. The molecule has 0 radical (unpaired) electrons. The lowest BCUT2D eigenvalue weighted by Gasteiger charge is -2.41. The number of nitrogens with two attached hydrogens (primary N) is 1. The summed E-state index contributed by atoms with van der Waals surface area (Å²) < 4.78 is 7.62. The van der Waals surface area contributed by atoms with Crippen molar-refractivity contribution in [2.75, 3.05) is 39.0 Å². The van der Waals surface area contributed by atoms with Gasteiger partial charge < -0.3 is 21.3 Å². The van der Waals surface area contributed by atoms with Crippen LogP contribution in [0.15, 0.2) is 59.4 Å². The highest BCUT2D eigenvalue weighted by Crippen LogP contribution is 2.38. The van der Waals surface area contributed by atoms with Crippen molar-refractivity contribution >= 4 is 27.8 Å². The van der Waals surface area contributed by atoms with Gasteiger partial charge in [-0.2, -0.15) is 5.10 Å². The molecular weight excluding hydrogens is 490 g/mol. The lowest BCUT2D eigenvalue weighted by atomic mass is 9.90. The molecule has 39 heavy (non-hydrogen) atoms. The van der Waals surface area contributed by atoms with Crippen LogP contribution in [0.5, 0.6) is 0 Å². The van der Waals surface area contributed by atoms with Gasteiger partial charge in [-0.25, -0.2) is 14.6 Å². The lowest BCUT2D eigenvalue weighted by molar-refractivity contribution is 0.0815. The van der Waals surface area contributed by atoms with Gasteiger partial charge in [0.25, 0.3) is 0 Å². The first-order chi connectivity index (χ1) is 18.7. The number of benzene rings is 2. The van der Waals surface area contributed by atoms with E-state index in [9.17, 15) is 0 Å². The number of aromatic nitrogens is 5. The predicted molar refractivity (Wildman–Crippen MR) is 154 cm³/mol. The molecule has 1 saturated carbocycles. The molecule has 1 aliphatic heterocycles. The molecule has 0 amide bonds. The number of nitrogen functional groups attached to an aromatic ring is 1. The molecule has 202 valence electrons. The third-order valence-corrected chi connectivity index (χ3v) is 8.39. The second-order valence-corrected chi connectivity index (χ2v) is 10.7. The zero-order chi connectivity index (χ0) is 25.6. The molecular formula is C29H35N9O. The Hall–Kier alpha value is -3.86. The molecule has 0 unspecified atom stereocenters. The highest BCUT2D eigenvalue weighted by Gasteiger charge is 2.30. The number of nitrogens with zero attached hydrogens (tertiary/aromatic N) is 7. The smallest absolute Gasteiger partial charge is 0.167 e. The summed E-state index contributed by atoms with van der Waals surface area (Å²) in [6, 6.07) is 17.2. The number of rotatable bonds is 4. The van der Waals surface area contributed by atoms with Gasteiger partial charge in [0.05, 0.1) is 11.4 Å². The Morgan fingerprint density at radius 3 is 2.23 bits per heavy atom. The normalized spacial score (nSPS) is 20.8. The molecule has 2 fully saturated rings. The van der Waals surface area contributed by atoms with Gasteiger partial charge in [0.15, 0.2) is 11.2 Å². The van der Waals surface area contributed by atoms with Gasteiger partial charge in [-0.05, 0) is 44.9 Å². The third-order valence-electron chi connectivity index (χ3n) is 8.39. The van der Waals surface area contributed by atoms with Crippen LogP contribution >= 0.6 is 0 Å². The highest BCUT2D eigenvalue weighted by atomic mass is 16.5. The Kier molecular flexibility index (Phi) is 6.76. The molecule has 10 nitrogen and oxygen atoms in total. The van der Waals surface area contributed by atoms with E-state index in [0.29, 0.717) is 17.9 Å². The van der Waals surface area contributed by atoms with Crippen molar-refractivity contribution in [3.63, 3.8) is 0 Å². The Balaban J connectivity index is 0.00000277. The summed E-state index contributed by atoms with van der Waals surface area (Å²) in [7, 11) is 2.21. The van der Waals surface area contributed by atoms with Crippen molar-refractivity contribution in [2.45, 2.75) is 37.8 Å². The van der Waals surface area contributed by atoms with Crippen LogP contribution in [0.4, 0.5) is 5.82 Å². The van der Waals surface area contributed by atoms with Crippen LogP contribution in [-0.2, 0) is 0 Å². The van der Waals surface area contributed by atoms with Crippen LogP contribution in [0.1, 0.15) is 31.7 Å². The first-order valence-electron chi connectivity index (χ1n) is 13.5. The zero-order valence-corrected chi connectivity index (χ0v) is 22.3. The molecule has 0 spiro atoms. The number of likely N-dealkylation sites (N-methyl/N-ethyl adjacent to an activating group) is 1. The zero-order valence-electron chi connectivity index (χ0n) is 22.3. The van der Waals surface area contributed by atoms with Crippen molar-refractivity contribution < 1.29 is 4.52 Å². The summed E-state index contributed by atoms with van der Waals surface area (Å²) in [4.78, 5) is 14.1. The van der Waals surface area contributed by atoms with Crippen molar-refractivity contribution in [1.82, 2.24) is 40.9 Å². The molecule has 2 aromatic carbocycles. The van der Waals surface area contributed by atoms with Crippen molar-refractivity contribution in [3.05, 3.63) is 54.9 Å². The van der Waals surface area contributed by atoms with E-state index < -0.39 is 0 Å². The van der Waals surface area contributed by atoms with Crippen LogP contribution in [-0.4, -0.2) is 74.0 Å². The maximum Gasteiger partial charge on any atom is 0.167 e. The summed E-state index contributed by atoms with van der Waals surface area (Å²) in [5.41, 5.74) is 11.6. The van der Waals surface area contributed by atoms with Crippen LogP contribution in [0.3, 0.4) is 0 Å². The van der Waals surface area contributed by atoms with Gasteiger partial charge in [0.1, 0.15) is 23.5 Å². The van der Waals surface area contributed by atoms with E-state index in [1.807, 2.05) is 24.3 Å². The molecule has 10 heteroatoms. The van der Waals surface area contributed by atoms with Gasteiger partial charge >= 0.3 is 0 Å². The number of para-hydroxylation sites is 1. The number of fused-ring (bicyclic) bond motifs is 2. The maximum absolute atomic E-state index is 6.40. The van der Waals surface area contributed by atoms with Crippen molar-refractivity contribution in [3.8, 4) is 22.5 Å². The minimum Gasteiger partial charge on any atom is -0.383 e. The van der Waals surface area contributed by atoms with Crippen LogP contribution in [0.25, 0.3) is 44.5 Å². The molecule has 0 atom stereocenters. The van der Waals surface area contributed by atoms with E-state index in [1.54, 1.807) is 6.33 Å². The summed E-state index contributed by atoms with van der Waals surface area (Å²) in [6.45, 7) is 4.67. The Morgan fingerprint density at radius 1 is 0.821 bits per heavy atom. The average molecular weight is 526 g/mol. The predicted octanol–water partition coefficient (Wildman–Crippen LogP) is 4.78. The third kappa shape index (κ3) is 4.54. The molecule has 5 N–H and O–H groups in total. The van der Waals surface area contributed by atoms with E-state index in [0.717, 1.165) is 70.4 Å². The molecule has 7 rings (SSSR count). The fourth-order valence-electron chi connectivity index (χ4n) is 6.19. The second kappa shape index (κ2) is 10.4. The van der Waals surface area contributed by atoms with Gasteiger partial charge in [0, 0.05) is 48.7 Å². The standard InChI is InChI=1S/C29H32N8O.H3N/c1-35-14-16-36(17-15-35)21-10-12-22(13-11-21)37-29-25(28(30)31-18-32-29)27(33-37)20-8-6-19(7-9-20)26-23-4-2-3-5-24(23)38-34-26;/h2-9,18,21-22H,10-17H2,1H3,(H2,30,31,32);1H3. The van der Waals surface area contributed by atoms with E-state index in [4.69, 9.17) is 15.4 Å². The van der Waals surface area contributed by atoms with Crippen molar-refractivity contribution in [1.29, 1.82) is 0 Å². The van der Waals surface area contributed by atoms with E-state index >= 15 is 0 Å². The largest absolute Gasteiger partial charge is 0.383 e. The Morgan fingerprint density at radius 2 is 1.49 bits per heavy atom. The van der Waals surface area contributed by atoms with E-state index in [2.05, 4.69) is 60.9 Å². The van der Waals surface area contributed by atoms with Gasteiger partial charge in [0.2, 0.25) is 0 Å². The van der Waals surface area contributed by atoms with Gasteiger partial charge in [-0.3, -0.25) is 4.90 Å². The molecule has 0 bridgehead atoms. The molecule has 5 aromatic rings. The molecule has 4 heterocycles. The maximum atomic E-state index is 6.40. The SMILES string of the molecule is CN1CCN(C2CCC(n3nc(-c4ccc(-c5noc6ccccc56)cc4)c4c(N)ncnc43)CC2)CC1.N. The number of hydrogen-bond acceptors (Lipinski definition) is 9. The molecule has 1 saturated heterocycles. The first-order valence-corrected chi connectivity index (χ1v) is 13.5.